The van der Waals surface area contributed by atoms with Crippen molar-refractivity contribution in [1.29, 1.82) is 0 Å². The van der Waals surface area contributed by atoms with Gasteiger partial charge in [0, 0.05) is 10.0 Å². The van der Waals surface area contributed by atoms with Crippen molar-refractivity contribution >= 4 is 63.7 Å². The molecule has 4 nitrogen and oxygen atoms in total. The van der Waals surface area contributed by atoms with Gasteiger partial charge in [0.2, 0.25) is 11.8 Å². The number of carbonyl (C=O) groups is 2. The maximum Gasteiger partial charge on any atom is 0.242 e. The third-order valence-corrected chi connectivity index (χ3v) is 4.22. The lowest BCUT2D eigenvalue weighted by Crippen LogP contribution is -2.55. The zero-order valence-corrected chi connectivity index (χ0v) is 14.0. The van der Waals surface area contributed by atoms with E-state index in [9.17, 15) is 9.59 Å². The number of amides is 2. The van der Waals surface area contributed by atoms with Gasteiger partial charge in [0.1, 0.15) is 6.42 Å². The van der Waals surface area contributed by atoms with Crippen LogP contribution in [0.1, 0.15) is 6.42 Å². The van der Waals surface area contributed by atoms with E-state index in [1.54, 1.807) is 48.5 Å². The Morgan fingerprint density at radius 1 is 0.739 bits per heavy atom. The molecule has 2 amide bonds. The van der Waals surface area contributed by atoms with Crippen LogP contribution in [0.2, 0.25) is 10.0 Å². The van der Waals surface area contributed by atoms with E-state index in [1.165, 1.54) is 9.80 Å². The maximum absolute atomic E-state index is 12.3. The molecule has 0 unspecified atom stereocenters. The molecule has 0 N–H and O–H groups in total. The van der Waals surface area contributed by atoms with E-state index >= 15 is 0 Å². The van der Waals surface area contributed by atoms with Gasteiger partial charge in [-0.05, 0) is 60.7 Å². The molecule has 0 aromatic heterocycles. The van der Waals surface area contributed by atoms with Crippen molar-refractivity contribution in [2.24, 2.45) is 0 Å². The van der Waals surface area contributed by atoms with Crippen molar-refractivity contribution in [3.05, 3.63) is 58.6 Å². The molecule has 7 heteroatoms. The number of anilines is 2. The Bertz CT molecular complexity index is 725. The van der Waals surface area contributed by atoms with Gasteiger partial charge < -0.3 is 0 Å². The summed E-state index contributed by atoms with van der Waals surface area (Å²) in [6.07, 6.45) is -0.259. The average molecular weight is 365 g/mol. The van der Waals surface area contributed by atoms with E-state index in [0.29, 0.717) is 21.4 Å². The predicted molar refractivity (Wildman–Crippen MR) is 95.1 cm³/mol. The summed E-state index contributed by atoms with van der Waals surface area (Å²) in [6.45, 7) is 0. The molecule has 3 rings (SSSR count). The molecule has 1 aliphatic heterocycles. The fraction of sp³-hybridized carbons (Fsp3) is 0.0625. The van der Waals surface area contributed by atoms with Gasteiger partial charge in [-0.3, -0.25) is 19.4 Å². The molecule has 1 aliphatic rings. The molecule has 0 spiro atoms. The zero-order chi connectivity index (χ0) is 16.6. The van der Waals surface area contributed by atoms with Crippen LogP contribution in [0, 0.1) is 0 Å². The molecule has 1 heterocycles. The molecule has 2 aromatic rings. The van der Waals surface area contributed by atoms with E-state index in [0.717, 1.165) is 0 Å². The Kier molecular flexibility index (Phi) is 4.35. The van der Waals surface area contributed by atoms with Crippen LogP contribution in [0.4, 0.5) is 11.4 Å². The second-order valence-corrected chi connectivity index (χ2v) is 6.11. The number of halogens is 2. The third kappa shape index (κ3) is 3.08. The molecule has 2 aromatic carbocycles. The molecule has 0 aliphatic carbocycles. The van der Waals surface area contributed by atoms with Crippen molar-refractivity contribution in [3.8, 4) is 0 Å². The maximum atomic E-state index is 12.3. The number of rotatable bonds is 2. The van der Waals surface area contributed by atoms with Crippen LogP contribution in [0.3, 0.4) is 0 Å². The minimum atomic E-state index is -0.368. The Balaban J connectivity index is 2.00. The van der Waals surface area contributed by atoms with E-state index in [1.807, 2.05) is 0 Å². The molecule has 0 bridgehead atoms. The van der Waals surface area contributed by atoms with Gasteiger partial charge in [0.15, 0.2) is 5.11 Å². The lowest BCUT2D eigenvalue weighted by Gasteiger charge is -2.35. The SMILES string of the molecule is O=C1CC(=O)N(c2ccc(Cl)cc2)C(=S)N1c1ccc(Cl)cc1. The molecular weight excluding hydrogens is 355 g/mol. The number of nitrogens with zero attached hydrogens (tertiary/aromatic N) is 2. The van der Waals surface area contributed by atoms with Crippen LogP contribution in [0.15, 0.2) is 48.5 Å². The van der Waals surface area contributed by atoms with E-state index in [-0.39, 0.29) is 23.3 Å². The van der Waals surface area contributed by atoms with Crippen molar-refractivity contribution < 1.29 is 9.59 Å². The first-order valence-corrected chi connectivity index (χ1v) is 7.85. The van der Waals surface area contributed by atoms with Gasteiger partial charge in [0.25, 0.3) is 0 Å². The summed E-state index contributed by atoms with van der Waals surface area (Å²) in [7, 11) is 0. The molecule has 1 fully saturated rings. The van der Waals surface area contributed by atoms with Gasteiger partial charge in [0.05, 0.1) is 11.4 Å². The summed E-state index contributed by atoms with van der Waals surface area (Å²) in [5.41, 5.74) is 1.13. The fourth-order valence-electron chi connectivity index (χ4n) is 2.29. The highest BCUT2D eigenvalue weighted by molar-refractivity contribution is 7.81. The Morgan fingerprint density at radius 3 is 1.43 bits per heavy atom. The first-order chi connectivity index (χ1) is 11.0. The highest BCUT2D eigenvalue weighted by Gasteiger charge is 2.36. The number of hydrogen-bond acceptors (Lipinski definition) is 3. The van der Waals surface area contributed by atoms with Crippen molar-refractivity contribution in [1.82, 2.24) is 0 Å². The fourth-order valence-corrected chi connectivity index (χ4v) is 2.96. The quantitative estimate of drug-likeness (QED) is 0.596. The highest BCUT2D eigenvalue weighted by Crippen LogP contribution is 2.28. The molecule has 0 atom stereocenters. The Labute approximate surface area is 148 Å². The second-order valence-electron chi connectivity index (χ2n) is 4.87. The minimum Gasteiger partial charge on any atom is -0.273 e. The molecule has 1 saturated heterocycles. The number of carbonyl (C=O) groups excluding carboxylic acids is 2. The predicted octanol–water partition coefficient (Wildman–Crippen LogP) is 4.05. The van der Waals surface area contributed by atoms with Crippen LogP contribution >= 0.6 is 35.4 Å². The largest absolute Gasteiger partial charge is 0.273 e. The lowest BCUT2D eigenvalue weighted by atomic mass is 10.2. The summed E-state index contributed by atoms with van der Waals surface area (Å²) < 4.78 is 0. The van der Waals surface area contributed by atoms with Gasteiger partial charge in [-0.1, -0.05) is 23.2 Å². The molecular formula is C16H10Cl2N2O2S. The van der Waals surface area contributed by atoms with E-state index < -0.39 is 0 Å². The average Bonchev–Trinajstić information content (AvgIpc) is 2.50. The standard InChI is InChI=1S/C16H10Cl2N2O2S/c17-10-1-5-12(6-2-10)19-14(21)9-15(22)20(16(19)23)13-7-3-11(18)4-8-13/h1-8H,9H2. The van der Waals surface area contributed by atoms with Crippen LogP contribution in [-0.4, -0.2) is 16.9 Å². The Hall–Kier alpha value is -1.95. The first kappa shape index (κ1) is 15.9. The summed E-state index contributed by atoms with van der Waals surface area (Å²) in [6, 6.07) is 13.4. The van der Waals surface area contributed by atoms with Crippen LogP contribution in [0.25, 0.3) is 0 Å². The number of benzene rings is 2. The highest BCUT2D eigenvalue weighted by atomic mass is 35.5. The van der Waals surface area contributed by atoms with Crippen LogP contribution < -0.4 is 9.80 Å². The van der Waals surface area contributed by atoms with Crippen molar-refractivity contribution in [3.63, 3.8) is 0 Å². The summed E-state index contributed by atoms with van der Waals surface area (Å²) in [5, 5.41) is 1.21. The molecule has 0 saturated carbocycles. The molecule has 23 heavy (non-hydrogen) atoms. The summed E-state index contributed by atoms with van der Waals surface area (Å²) in [5.74, 6) is -0.736. The first-order valence-electron chi connectivity index (χ1n) is 6.68. The number of thiocarbonyl (C=S) groups is 1. The Morgan fingerprint density at radius 2 is 1.09 bits per heavy atom. The topological polar surface area (TPSA) is 40.6 Å². The normalized spacial score (nSPS) is 15.3. The van der Waals surface area contributed by atoms with Crippen LogP contribution in [-0.2, 0) is 9.59 Å². The monoisotopic (exact) mass is 364 g/mol. The van der Waals surface area contributed by atoms with Gasteiger partial charge in [-0.15, -0.1) is 0 Å². The van der Waals surface area contributed by atoms with Crippen molar-refractivity contribution in [2.75, 3.05) is 9.80 Å². The third-order valence-electron chi connectivity index (χ3n) is 3.35. The van der Waals surface area contributed by atoms with Crippen LogP contribution in [0.5, 0.6) is 0 Å². The smallest absolute Gasteiger partial charge is 0.242 e. The lowest BCUT2D eigenvalue weighted by molar-refractivity contribution is -0.126. The zero-order valence-electron chi connectivity index (χ0n) is 11.7. The second kappa shape index (κ2) is 6.28. The molecule has 0 radical (unpaired) electrons. The van der Waals surface area contributed by atoms with Gasteiger partial charge in [-0.25, -0.2) is 0 Å². The minimum absolute atomic E-state index is 0.107. The summed E-state index contributed by atoms with van der Waals surface area (Å²) >= 11 is 17.1. The van der Waals surface area contributed by atoms with E-state index in [4.69, 9.17) is 35.4 Å². The van der Waals surface area contributed by atoms with Gasteiger partial charge in [-0.2, -0.15) is 0 Å². The number of hydrogen-bond donors (Lipinski definition) is 0. The summed E-state index contributed by atoms with van der Waals surface area (Å²) in [4.78, 5) is 27.2. The molecule has 116 valence electrons. The van der Waals surface area contributed by atoms with Gasteiger partial charge >= 0.3 is 0 Å². The van der Waals surface area contributed by atoms with E-state index in [2.05, 4.69) is 0 Å². The van der Waals surface area contributed by atoms with Crippen molar-refractivity contribution in [2.45, 2.75) is 6.42 Å².